The van der Waals surface area contributed by atoms with E-state index >= 15 is 0 Å². The molecule has 0 saturated heterocycles. The minimum Gasteiger partial charge on any atom is -0.382 e. The highest BCUT2D eigenvalue weighted by Gasteiger charge is 2.17. The second kappa shape index (κ2) is 7.66. The molecule has 144 valence electrons. The summed E-state index contributed by atoms with van der Waals surface area (Å²) in [5.74, 6) is 1.57. The lowest BCUT2D eigenvalue weighted by Gasteiger charge is -2.11. The standard InChI is InChI=1S/C18H25N6O2P/c1-4-5-9-20-18-22-16(19)15-17(23-18)24(12(2)21-15)11-13-7-6-8-14(10-13)27(3,25)26/h6-8,10H,4-5,9,11H2,1-3H3,(H,25,26)(H3,19,20,22,23). The summed E-state index contributed by atoms with van der Waals surface area (Å²) in [5, 5.41) is 3.62. The topological polar surface area (TPSA) is 119 Å². The molecule has 2 aromatic heterocycles. The van der Waals surface area contributed by atoms with Gasteiger partial charge in [0.15, 0.2) is 17.0 Å². The molecule has 1 aromatic carbocycles. The van der Waals surface area contributed by atoms with Gasteiger partial charge in [-0.2, -0.15) is 9.97 Å². The van der Waals surface area contributed by atoms with Gasteiger partial charge >= 0.3 is 0 Å². The number of nitrogens with zero attached hydrogens (tertiary/aromatic N) is 4. The highest BCUT2D eigenvalue weighted by atomic mass is 31.2. The molecule has 2 heterocycles. The van der Waals surface area contributed by atoms with Gasteiger partial charge in [0.2, 0.25) is 13.3 Å². The summed E-state index contributed by atoms with van der Waals surface area (Å²) in [6, 6.07) is 7.11. The van der Waals surface area contributed by atoms with Crippen molar-refractivity contribution in [2.75, 3.05) is 24.3 Å². The van der Waals surface area contributed by atoms with E-state index in [4.69, 9.17) is 5.73 Å². The first-order chi connectivity index (χ1) is 12.8. The van der Waals surface area contributed by atoms with E-state index in [-0.39, 0.29) is 0 Å². The Morgan fingerprint density at radius 3 is 2.78 bits per heavy atom. The molecule has 0 spiro atoms. The highest BCUT2D eigenvalue weighted by molar-refractivity contribution is 7.65. The third-order valence-electron chi connectivity index (χ3n) is 4.36. The average molecular weight is 388 g/mol. The van der Waals surface area contributed by atoms with Gasteiger partial charge in [0.1, 0.15) is 5.82 Å². The summed E-state index contributed by atoms with van der Waals surface area (Å²) in [7, 11) is -3.31. The van der Waals surface area contributed by atoms with Gasteiger partial charge in [-0.1, -0.05) is 25.5 Å². The SMILES string of the molecule is CCCCNc1nc(N)c2nc(C)n(Cc3cccc(P(C)(=O)O)c3)c2n1. The third kappa shape index (κ3) is 4.28. The fourth-order valence-corrected chi connectivity index (χ4v) is 3.64. The van der Waals surface area contributed by atoms with E-state index in [1.54, 1.807) is 18.2 Å². The van der Waals surface area contributed by atoms with E-state index in [1.165, 1.54) is 6.66 Å². The van der Waals surface area contributed by atoms with E-state index in [9.17, 15) is 9.46 Å². The number of aryl methyl sites for hydroxylation is 1. The van der Waals surface area contributed by atoms with Crippen LogP contribution in [0, 0.1) is 6.92 Å². The maximum absolute atomic E-state index is 12.0. The van der Waals surface area contributed by atoms with Crippen LogP contribution in [0.25, 0.3) is 11.2 Å². The third-order valence-corrected chi connectivity index (χ3v) is 5.59. The number of rotatable bonds is 7. The minimum absolute atomic E-state index is 0.336. The Morgan fingerprint density at radius 2 is 2.07 bits per heavy atom. The van der Waals surface area contributed by atoms with Crippen LogP contribution < -0.4 is 16.4 Å². The fourth-order valence-electron chi connectivity index (χ4n) is 2.87. The van der Waals surface area contributed by atoms with Gasteiger partial charge in [0, 0.05) is 18.5 Å². The number of nitrogens with one attached hydrogen (secondary N) is 1. The molecule has 1 atom stereocenters. The van der Waals surface area contributed by atoms with Crippen molar-refractivity contribution in [2.45, 2.75) is 33.2 Å². The molecular formula is C18H25N6O2P. The zero-order valence-corrected chi connectivity index (χ0v) is 16.7. The van der Waals surface area contributed by atoms with Crippen LogP contribution in [-0.2, 0) is 11.1 Å². The normalized spacial score (nSPS) is 13.6. The molecule has 4 N–H and O–H groups in total. The molecule has 0 aliphatic rings. The highest BCUT2D eigenvalue weighted by Crippen LogP contribution is 2.34. The van der Waals surface area contributed by atoms with E-state index in [0.717, 1.165) is 30.8 Å². The van der Waals surface area contributed by atoms with Gasteiger partial charge in [-0.25, -0.2) is 4.98 Å². The molecule has 3 aromatic rings. The fraction of sp³-hybridized carbons (Fsp3) is 0.389. The van der Waals surface area contributed by atoms with E-state index in [0.29, 0.717) is 34.8 Å². The molecule has 0 aliphatic heterocycles. The van der Waals surface area contributed by atoms with Gasteiger partial charge in [0.25, 0.3) is 0 Å². The van der Waals surface area contributed by atoms with Crippen LogP contribution in [0.2, 0.25) is 0 Å². The smallest absolute Gasteiger partial charge is 0.226 e. The Morgan fingerprint density at radius 1 is 1.30 bits per heavy atom. The quantitative estimate of drug-likeness (QED) is 0.420. The molecule has 8 nitrogen and oxygen atoms in total. The predicted molar refractivity (Wildman–Crippen MR) is 109 cm³/mol. The molecule has 0 aliphatic carbocycles. The molecule has 0 bridgehead atoms. The zero-order valence-electron chi connectivity index (χ0n) is 15.8. The van der Waals surface area contributed by atoms with Crippen LogP contribution in [0.4, 0.5) is 11.8 Å². The summed E-state index contributed by atoms with van der Waals surface area (Å²) in [6.07, 6.45) is 2.09. The van der Waals surface area contributed by atoms with Crippen molar-refractivity contribution in [3.63, 3.8) is 0 Å². The van der Waals surface area contributed by atoms with Gasteiger partial charge < -0.3 is 20.5 Å². The van der Waals surface area contributed by atoms with Crippen LogP contribution in [-0.4, -0.2) is 37.6 Å². The summed E-state index contributed by atoms with van der Waals surface area (Å²) in [6.45, 7) is 6.59. The number of imidazole rings is 1. The lowest BCUT2D eigenvalue weighted by Crippen LogP contribution is -2.10. The number of anilines is 2. The van der Waals surface area contributed by atoms with Gasteiger partial charge in [-0.3, -0.25) is 4.57 Å². The Hall–Kier alpha value is -2.44. The molecule has 27 heavy (non-hydrogen) atoms. The van der Waals surface area contributed by atoms with Crippen molar-refractivity contribution in [3.05, 3.63) is 35.7 Å². The molecule has 0 amide bonds. The van der Waals surface area contributed by atoms with E-state index in [1.807, 2.05) is 17.6 Å². The average Bonchev–Trinajstić information content (AvgIpc) is 2.91. The number of nitrogen functional groups attached to an aromatic ring is 1. The second-order valence-corrected chi connectivity index (χ2v) is 8.95. The molecule has 3 rings (SSSR count). The minimum atomic E-state index is -3.31. The van der Waals surface area contributed by atoms with Crippen LogP contribution in [0.3, 0.4) is 0 Å². The number of nitrogens with two attached hydrogens (primary N) is 1. The summed E-state index contributed by atoms with van der Waals surface area (Å²) >= 11 is 0. The van der Waals surface area contributed by atoms with Crippen molar-refractivity contribution in [1.29, 1.82) is 0 Å². The van der Waals surface area contributed by atoms with Gasteiger partial charge in [-0.05, 0) is 31.0 Å². The van der Waals surface area contributed by atoms with E-state index in [2.05, 4.69) is 27.2 Å². The molecule has 9 heteroatoms. The lowest BCUT2D eigenvalue weighted by molar-refractivity contribution is 0.496. The number of hydrogen-bond acceptors (Lipinski definition) is 6. The Balaban J connectivity index is 1.99. The van der Waals surface area contributed by atoms with Gasteiger partial charge in [-0.15, -0.1) is 0 Å². The first-order valence-corrected chi connectivity index (χ1v) is 11.0. The lowest BCUT2D eigenvalue weighted by atomic mass is 10.2. The van der Waals surface area contributed by atoms with E-state index < -0.39 is 7.37 Å². The van der Waals surface area contributed by atoms with Crippen LogP contribution in [0.5, 0.6) is 0 Å². The Labute approximate surface area is 158 Å². The van der Waals surface area contributed by atoms with Crippen LogP contribution >= 0.6 is 7.37 Å². The number of hydrogen-bond donors (Lipinski definition) is 3. The second-order valence-electron chi connectivity index (χ2n) is 6.68. The number of benzene rings is 1. The first kappa shape index (κ1) is 19.3. The van der Waals surface area contributed by atoms with Crippen molar-refractivity contribution in [2.24, 2.45) is 0 Å². The van der Waals surface area contributed by atoms with Gasteiger partial charge in [0.05, 0.1) is 6.54 Å². The van der Waals surface area contributed by atoms with Crippen LogP contribution in [0.1, 0.15) is 31.2 Å². The van der Waals surface area contributed by atoms with Crippen LogP contribution in [0.15, 0.2) is 24.3 Å². The predicted octanol–water partition coefficient (Wildman–Crippen LogP) is 2.50. The Kier molecular flexibility index (Phi) is 5.48. The number of unbranched alkanes of at least 4 members (excludes halogenated alkanes) is 1. The summed E-state index contributed by atoms with van der Waals surface area (Å²) in [4.78, 5) is 23.2. The monoisotopic (exact) mass is 388 g/mol. The summed E-state index contributed by atoms with van der Waals surface area (Å²) in [5.41, 5.74) is 8.18. The molecule has 1 unspecified atom stereocenters. The van der Waals surface area contributed by atoms with Crippen molar-refractivity contribution in [1.82, 2.24) is 19.5 Å². The molecule has 0 saturated carbocycles. The first-order valence-electron chi connectivity index (χ1n) is 8.93. The number of fused-ring (bicyclic) bond motifs is 1. The van der Waals surface area contributed by atoms with Crippen molar-refractivity contribution >= 4 is 35.6 Å². The number of aromatic nitrogens is 4. The Bertz CT molecular complexity index is 1010. The van der Waals surface area contributed by atoms with Crippen molar-refractivity contribution < 1.29 is 9.46 Å². The zero-order chi connectivity index (χ0) is 19.6. The van der Waals surface area contributed by atoms with Crippen molar-refractivity contribution in [3.8, 4) is 0 Å². The molecular weight excluding hydrogens is 363 g/mol. The maximum Gasteiger partial charge on any atom is 0.226 e. The molecule has 0 fully saturated rings. The summed E-state index contributed by atoms with van der Waals surface area (Å²) < 4.78 is 13.9. The maximum atomic E-state index is 12.0. The molecule has 0 radical (unpaired) electrons. The largest absolute Gasteiger partial charge is 0.382 e.